The van der Waals surface area contributed by atoms with E-state index < -0.39 is 0 Å². The Hall–Kier alpha value is -0.120. The minimum absolute atomic E-state index is 0.0905. The van der Waals surface area contributed by atoms with Crippen molar-refractivity contribution in [2.75, 3.05) is 26.7 Å². The van der Waals surface area contributed by atoms with Gasteiger partial charge in [-0.05, 0) is 13.3 Å². The molecule has 0 spiro atoms. The van der Waals surface area contributed by atoms with E-state index in [0.717, 1.165) is 4.48 Å². The van der Waals surface area contributed by atoms with Crippen molar-refractivity contribution in [1.29, 1.82) is 0 Å². The fourth-order valence-corrected chi connectivity index (χ4v) is 2.67. The minimum Gasteiger partial charge on any atom is -0.356 e. The van der Waals surface area contributed by atoms with Crippen molar-refractivity contribution in [2.24, 2.45) is 0 Å². The van der Waals surface area contributed by atoms with E-state index in [1.165, 1.54) is 45.3 Å². The molecule has 1 aliphatic heterocycles. The molecule has 2 atom stereocenters. The van der Waals surface area contributed by atoms with Gasteiger partial charge in [0.05, 0.1) is 19.6 Å². The van der Waals surface area contributed by atoms with Gasteiger partial charge >= 0.3 is 0 Å². The number of hydrogen-bond donors (Lipinski definition) is 0. The summed E-state index contributed by atoms with van der Waals surface area (Å²) in [5, 5.41) is 0. The average Bonchev–Trinajstić information content (AvgIpc) is 2.76. The first kappa shape index (κ1) is 13.9. The maximum atomic E-state index is 5.93. The summed E-state index contributed by atoms with van der Waals surface area (Å²) in [5.41, 5.74) is 0. The van der Waals surface area contributed by atoms with Gasteiger partial charge in [0.15, 0.2) is 12.5 Å². The van der Waals surface area contributed by atoms with Crippen LogP contribution in [-0.4, -0.2) is 43.7 Å². The summed E-state index contributed by atoms with van der Waals surface area (Å²) in [5.74, 6) is 0. The summed E-state index contributed by atoms with van der Waals surface area (Å²) >= 11 is 0. The molecule has 1 heterocycles. The van der Waals surface area contributed by atoms with Gasteiger partial charge in [-0.2, -0.15) is 0 Å². The molecule has 0 N–H and O–H groups in total. The van der Waals surface area contributed by atoms with Gasteiger partial charge in [0.1, 0.15) is 0 Å². The van der Waals surface area contributed by atoms with Crippen molar-refractivity contribution in [3.63, 3.8) is 0 Å². The third-order valence-electron chi connectivity index (χ3n) is 3.91. The molecule has 0 aromatic heterocycles. The fraction of sp³-hybridized carbons (Fsp3) is 1.00. The second-order valence-electron chi connectivity index (χ2n) is 4.99. The van der Waals surface area contributed by atoms with Crippen LogP contribution < -0.4 is 0 Å². The number of likely N-dealkylation sites (tertiary alicyclic amines) is 1. The fourth-order valence-electron chi connectivity index (χ4n) is 2.67. The molecule has 1 fully saturated rings. The molecular formula is C13H28NO2+. The molecule has 0 saturated carbocycles. The standard InChI is InChI=1S/C13H28NO2/c1-5-6-9-14(10-7-8-11-14)12(2)16-13(3)15-4/h12-13H,5-11H2,1-4H3/q+1. The lowest BCUT2D eigenvalue weighted by Gasteiger charge is -2.40. The number of rotatable bonds is 7. The lowest BCUT2D eigenvalue weighted by atomic mass is 10.2. The first-order chi connectivity index (χ1) is 7.64. The molecule has 0 aromatic carbocycles. The normalized spacial score (nSPS) is 23.2. The van der Waals surface area contributed by atoms with Gasteiger partial charge < -0.3 is 9.47 Å². The molecule has 2 unspecified atom stereocenters. The summed E-state index contributed by atoms with van der Waals surface area (Å²) < 4.78 is 12.3. The van der Waals surface area contributed by atoms with Gasteiger partial charge in [-0.1, -0.05) is 13.3 Å². The lowest BCUT2D eigenvalue weighted by molar-refractivity contribution is -0.961. The van der Waals surface area contributed by atoms with Crippen LogP contribution in [0.15, 0.2) is 0 Å². The summed E-state index contributed by atoms with van der Waals surface area (Å²) in [6, 6.07) is 0. The van der Waals surface area contributed by atoms with E-state index in [2.05, 4.69) is 13.8 Å². The first-order valence-corrected chi connectivity index (χ1v) is 6.68. The largest absolute Gasteiger partial charge is 0.356 e. The van der Waals surface area contributed by atoms with Crippen LogP contribution in [0.25, 0.3) is 0 Å². The number of ether oxygens (including phenoxy) is 2. The maximum Gasteiger partial charge on any atom is 0.193 e. The molecule has 0 radical (unpaired) electrons. The van der Waals surface area contributed by atoms with E-state index in [0.29, 0.717) is 0 Å². The molecule has 0 aromatic rings. The molecule has 96 valence electrons. The van der Waals surface area contributed by atoms with Gasteiger partial charge in [-0.15, -0.1) is 0 Å². The number of nitrogens with zero attached hydrogens (tertiary/aromatic N) is 1. The van der Waals surface area contributed by atoms with Crippen LogP contribution in [0.3, 0.4) is 0 Å². The summed E-state index contributed by atoms with van der Waals surface area (Å²) in [4.78, 5) is 0. The van der Waals surface area contributed by atoms with Crippen molar-refractivity contribution in [3.05, 3.63) is 0 Å². The van der Waals surface area contributed by atoms with Crippen LogP contribution in [0.4, 0.5) is 0 Å². The predicted octanol–water partition coefficient (Wildman–Crippen LogP) is 2.75. The molecule has 1 aliphatic rings. The molecule has 0 aliphatic carbocycles. The van der Waals surface area contributed by atoms with E-state index in [1.54, 1.807) is 7.11 Å². The number of hydrogen-bond acceptors (Lipinski definition) is 2. The zero-order valence-electron chi connectivity index (χ0n) is 11.4. The van der Waals surface area contributed by atoms with E-state index >= 15 is 0 Å². The SMILES string of the molecule is CCCC[N+]1(C(C)OC(C)OC)CCCC1. The van der Waals surface area contributed by atoms with Crippen molar-refractivity contribution in [2.45, 2.75) is 59.0 Å². The Labute approximate surface area is 100 Å². The Morgan fingerprint density at radius 2 is 1.81 bits per heavy atom. The monoisotopic (exact) mass is 230 g/mol. The number of unbranched alkanes of at least 4 members (excludes halogenated alkanes) is 1. The second kappa shape index (κ2) is 6.58. The topological polar surface area (TPSA) is 18.5 Å². The van der Waals surface area contributed by atoms with E-state index in [-0.39, 0.29) is 12.5 Å². The number of methoxy groups -OCH3 is 1. The predicted molar refractivity (Wildman–Crippen MR) is 66.0 cm³/mol. The third kappa shape index (κ3) is 3.44. The van der Waals surface area contributed by atoms with Gasteiger partial charge in [-0.25, -0.2) is 0 Å². The third-order valence-corrected chi connectivity index (χ3v) is 3.91. The molecule has 0 bridgehead atoms. The van der Waals surface area contributed by atoms with Crippen LogP contribution in [-0.2, 0) is 9.47 Å². The summed E-state index contributed by atoms with van der Waals surface area (Å²) in [6.07, 6.45) is 5.44. The molecule has 1 rings (SSSR count). The highest BCUT2D eigenvalue weighted by molar-refractivity contribution is 4.57. The van der Waals surface area contributed by atoms with E-state index in [4.69, 9.17) is 9.47 Å². The van der Waals surface area contributed by atoms with Crippen LogP contribution >= 0.6 is 0 Å². The summed E-state index contributed by atoms with van der Waals surface area (Å²) in [6.45, 7) is 10.2. The molecule has 3 heteroatoms. The zero-order chi connectivity index (χ0) is 12.0. The van der Waals surface area contributed by atoms with Crippen LogP contribution in [0, 0.1) is 0 Å². The highest BCUT2D eigenvalue weighted by Gasteiger charge is 2.38. The molecule has 0 amide bonds. The summed E-state index contributed by atoms with van der Waals surface area (Å²) in [7, 11) is 1.71. The van der Waals surface area contributed by atoms with Gasteiger partial charge in [0, 0.05) is 26.9 Å². The molecular weight excluding hydrogens is 202 g/mol. The highest BCUT2D eigenvalue weighted by Crippen LogP contribution is 2.26. The smallest absolute Gasteiger partial charge is 0.193 e. The minimum atomic E-state index is -0.0905. The number of quaternary nitrogens is 1. The van der Waals surface area contributed by atoms with E-state index in [9.17, 15) is 0 Å². The van der Waals surface area contributed by atoms with Crippen molar-refractivity contribution in [1.82, 2.24) is 0 Å². The van der Waals surface area contributed by atoms with Gasteiger partial charge in [-0.3, -0.25) is 4.48 Å². The Bertz CT molecular complexity index is 190. The Kier molecular flexibility index (Phi) is 5.73. The highest BCUT2D eigenvalue weighted by atomic mass is 16.7. The van der Waals surface area contributed by atoms with Crippen molar-refractivity contribution in [3.8, 4) is 0 Å². The van der Waals surface area contributed by atoms with E-state index in [1.807, 2.05) is 6.92 Å². The van der Waals surface area contributed by atoms with Crippen LogP contribution in [0.2, 0.25) is 0 Å². The quantitative estimate of drug-likeness (QED) is 0.494. The van der Waals surface area contributed by atoms with Gasteiger partial charge in [0.25, 0.3) is 0 Å². The van der Waals surface area contributed by atoms with Gasteiger partial charge in [0.2, 0.25) is 0 Å². The Morgan fingerprint density at radius 3 is 2.31 bits per heavy atom. The van der Waals surface area contributed by atoms with Crippen molar-refractivity contribution >= 4 is 0 Å². The zero-order valence-corrected chi connectivity index (χ0v) is 11.4. The first-order valence-electron chi connectivity index (χ1n) is 6.68. The Morgan fingerprint density at radius 1 is 1.19 bits per heavy atom. The molecule has 3 nitrogen and oxygen atoms in total. The van der Waals surface area contributed by atoms with Crippen LogP contribution in [0.1, 0.15) is 46.5 Å². The maximum absolute atomic E-state index is 5.93. The Balaban J connectivity index is 2.54. The molecule has 16 heavy (non-hydrogen) atoms. The van der Waals surface area contributed by atoms with Crippen molar-refractivity contribution < 1.29 is 14.0 Å². The average molecular weight is 230 g/mol. The van der Waals surface area contributed by atoms with Crippen LogP contribution in [0.5, 0.6) is 0 Å². The molecule has 1 saturated heterocycles. The second-order valence-corrected chi connectivity index (χ2v) is 4.99. The lowest BCUT2D eigenvalue weighted by Crippen LogP contribution is -2.54.